The predicted molar refractivity (Wildman–Crippen MR) is 69.5 cm³/mol. The largest absolute Gasteiger partial charge is 0.388 e. The zero-order chi connectivity index (χ0) is 14.3. The molecule has 20 heavy (non-hydrogen) atoms. The van der Waals surface area contributed by atoms with Gasteiger partial charge in [0.15, 0.2) is 17.7 Å². The number of nitrogen functional groups attached to an aromatic ring is 1. The molecule has 8 nitrogen and oxygen atoms in total. The molecule has 3 N–H and O–H groups in total. The van der Waals surface area contributed by atoms with Crippen molar-refractivity contribution in [2.45, 2.75) is 31.8 Å². The third-order valence-corrected chi connectivity index (χ3v) is 3.65. The van der Waals surface area contributed by atoms with Gasteiger partial charge in [0.05, 0.1) is 18.3 Å². The van der Waals surface area contributed by atoms with Crippen molar-refractivity contribution in [3.8, 4) is 0 Å². The van der Waals surface area contributed by atoms with Crippen molar-refractivity contribution in [1.29, 1.82) is 0 Å². The Morgan fingerprint density at radius 1 is 1.50 bits per heavy atom. The lowest BCUT2D eigenvalue weighted by atomic mass is 9.98. The molecule has 1 fully saturated rings. The molecule has 0 unspecified atom stereocenters. The Balaban J connectivity index is 2.04. The van der Waals surface area contributed by atoms with E-state index in [1.807, 2.05) is 6.92 Å². The summed E-state index contributed by atoms with van der Waals surface area (Å²) in [5.41, 5.74) is 6.65. The summed E-state index contributed by atoms with van der Waals surface area (Å²) in [6.07, 6.45) is 2.24. The minimum atomic E-state index is -0.939. The molecule has 2 aromatic heterocycles. The van der Waals surface area contributed by atoms with Crippen LogP contribution in [0.25, 0.3) is 11.2 Å². The van der Waals surface area contributed by atoms with E-state index in [4.69, 9.17) is 10.5 Å². The van der Waals surface area contributed by atoms with E-state index in [1.54, 1.807) is 4.57 Å². The molecule has 8 heteroatoms. The third kappa shape index (κ3) is 1.76. The smallest absolute Gasteiger partial charge is 0.167 e. The Bertz CT molecular complexity index is 643. The number of hydrogen-bond donors (Lipinski definition) is 2. The van der Waals surface area contributed by atoms with Gasteiger partial charge in [-0.15, -0.1) is 0 Å². The van der Waals surface area contributed by atoms with Gasteiger partial charge in [-0.25, -0.2) is 15.0 Å². The van der Waals surface area contributed by atoms with Gasteiger partial charge in [0, 0.05) is 0 Å². The van der Waals surface area contributed by atoms with E-state index in [1.165, 1.54) is 12.7 Å². The van der Waals surface area contributed by atoms with Crippen molar-refractivity contribution in [1.82, 2.24) is 19.5 Å². The standard InChI is InChI=1S/C12H15N5O3/c1-2-7-6(3-18)9(19)12(20-7)17-5-16-8-10(13)14-4-15-11(8)17/h3-7,9,12,19H,2H2,1H3,(H2,13,14,15)/t6-,7-,9-,12-/m1/s1. The molecule has 0 aromatic carbocycles. The topological polar surface area (TPSA) is 116 Å². The highest BCUT2D eigenvalue weighted by atomic mass is 16.5. The molecule has 3 rings (SSSR count). The number of hydrogen-bond acceptors (Lipinski definition) is 7. The average molecular weight is 277 g/mol. The first-order valence-corrected chi connectivity index (χ1v) is 6.39. The summed E-state index contributed by atoms with van der Waals surface area (Å²) >= 11 is 0. The van der Waals surface area contributed by atoms with Gasteiger partial charge in [0.1, 0.15) is 24.2 Å². The summed E-state index contributed by atoms with van der Waals surface area (Å²) in [7, 11) is 0. The fourth-order valence-corrected chi connectivity index (χ4v) is 2.58. The van der Waals surface area contributed by atoms with Crippen LogP contribution < -0.4 is 5.73 Å². The molecule has 0 saturated carbocycles. The number of rotatable bonds is 3. The van der Waals surface area contributed by atoms with Gasteiger partial charge in [-0.3, -0.25) is 4.57 Å². The number of carbonyl (C=O) groups is 1. The maximum atomic E-state index is 11.1. The molecular formula is C12H15N5O3. The van der Waals surface area contributed by atoms with E-state index >= 15 is 0 Å². The molecule has 4 atom stereocenters. The summed E-state index contributed by atoms with van der Waals surface area (Å²) in [4.78, 5) is 23.2. The second kappa shape index (κ2) is 4.80. The lowest BCUT2D eigenvalue weighted by Gasteiger charge is -2.16. The normalized spacial score (nSPS) is 29.9. The monoisotopic (exact) mass is 277 g/mol. The van der Waals surface area contributed by atoms with Gasteiger partial charge in [-0.1, -0.05) is 6.92 Å². The Morgan fingerprint density at radius 3 is 2.95 bits per heavy atom. The molecule has 1 aliphatic rings. The molecule has 106 valence electrons. The van der Waals surface area contributed by atoms with E-state index in [0.717, 1.165) is 6.29 Å². The van der Waals surface area contributed by atoms with Gasteiger partial charge in [0.25, 0.3) is 0 Å². The second-order valence-electron chi connectivity index (χ2n) is 4.76. The molecule has 0 bridgehead atoms. The zero-order valence-electron chi connectivity index (χ0n) is 10.9. The highest BCUT2D eigenvalue weighted by molar-refractivity contribution is 5.81. The lowest BCUT2D eigenvalue weighted by molar-refractivity contribution is -0.114. The van der Waals surface area contributed by atoms with E-state index in [0.29, 0.717) is 17.6 Å². The molecular weight excluding hydrogens is 262 g/mol. The number of aliphatic hydroxyl groups is 1. The van der Waals surface area contributed by atoms with Crippen molar-refractivity contribution >= 4 is 23.3 Å². The average Bonchev–Trinajstić information content (AvgIpc) is 3.00. The Morgan fingerprint density at radius 2 is 2.30 bits per heavy atom. The fraction of sp³-hybridized carbons (Fsp3) is 0.500. The van der Waals surface area contributed by atoms with Crippen molar-refractivity contribution in [3.05, 3.63) is 12.7 Å². The van der Waals surface area contributed by atoms with Crippen LogP contribution in [0.1, 0.15) is 19.6 Å². The summed E-state index contributed by atoms with van der Waals surface area (Å²) in [5, 5.41) is 10.3. The number of aromatic nitrogens is 4. The van der Waals surface area contributed by atoms with Crippen LogP contribution in [0.5, 0.6) is 0 Å². The van der Waals surface area contributed by atoms with Crippen LogP contribution in [0.4, 0.5) is 5.82 Å². The van der Waals surface area contributed by atoms with Gasteiger partial charge in [-0.2, -0.15) is 0 Å². The Labute approximate surface area is 114 Å². The molecule has 3 heterocycles. The van der Waals surface area contributed by atoms with Gasteiger partial charge < -0.3 is 20.4 Å². The van der Waals surface area contributed by atoms with Crippen molar-refractivity contribution in [2.24, 2.45) is 5.92 Å². The minimum Gasteiger partial charge on any atom is -0.388 e. The van der Waals surface area contributed by atoms with Gasteiger partial charge >= 0.3 is 0 Å². The molecule has 2 aromatic rings. The number of aldehydes is 1. The van der Waals surface area contributed by atoms with Crippen LogP contribution >= 0.6 is 0 Å². The molecule has 0 radical (unpaired) electrons. The van der Waals surface area contributed by atoms with Gasteiger partial charge in [0.2, 0.25) is 0 Å². The van der Waals surface area contributed by atoms with Crippen molar-refractivity contribution < 1.29 is 14.6 Å². The first-order chi connectivity index (χ1) is 9.67. The number of aliphatic hydroxyl groups excluding tert-OH is 1. The predicted octanol–water partition coefficient (Wildman–Crippen LogP) is -0.108. The Hall–Kier alpha value is -2.06. The highest BCUT2D eigenvalue weighted by Gasteiger charge is 2.44. The number of anilines is 1. The van der Waals surface area contributed by atoms with Crippen LogP contribution in [0.3, 0.4) is 0 Å². The first kappa shape index (κ1) is 12.9. The van der Waals surface area contributed by atoms with Gasteiger partial charge in [-0.05, 0) is 6.42 Å². The van der Waals surface area contributed by atoms with Crippen LogP contribution in [-0.2, 0) is 9.53 Å². The molecule has 1 aliphatic heterocycles. The van der Waals surface area contributed by atoms with Crippen molar-refractivity contribution in [2.75, 3.05) is 5.73 Å². The number of fused-ring (bicyclic) bond motifs is 1. The van der Waals surface area contributed by atoms with Crippen LogP contribution in [0, 0.1) is 5.92 Å². The van der Waals surface area contributed by atoms with E-state index in [9.17, 15) is 9.90 Å². The van der Waals surface area contributed by atoms with Crippen LogP contribution in [-0.4, -0.2) is 43.1 Å². The van der Waals surface area contributed by atoms with Crippen LogP contribution in [0.2, 0.25) is 0 Å². The second-order valence-corrected chi connectivity index (χ2v) is 4.76. The highest BCUT2D eigenvalue weighted by Crippen LogP contribution is 2.35. The van der Waals surface area contributed by atoms with E-state index in [-0.39, 0.29) is 11.9 Å². The van der Waals surface area contributed by atoms with E-state index < -0.39 is 18.2 Å². The van der Waals surface area contributed by atoms with E-state index in [2.05, 4.69) is 15.0 Å². The summed E-state index contributed by atoms with van der Waals surface area (Å²) in [6, 6.07) is 0. The minimum absolute atomic E-state index is 0.264. The maximum Gasteiger partial charge on any atom is 0.167 e. The number of imidazole rings is 1. The summed E-state index contributed by atoms with van der Waals surface area (Å²) in [5.74, 6) is -0.290. The summed E-state index contributed by atoms with van der Waals surface area (Å²) in [6.45, 7) is 1.91. The number of ether oxygens (including phenoxy) is 1. The number of nitrogens with zero attached hydrogens (tertiary/aromatic N) is 4. The molecule has 1 saturated heterocycles. The molecule has 0 aliphatic carbocycles. The maximum absolute atomic E-state index is 11.1. The number of nitrogens with two attached hydrogens (primary N) is 1. The quantitative estimate of drug-likeness (QED) is 0.752. The fourth-order valence-electron chi connectivity index (χ4n) is 2.58. The zero-order valence-corrected chi connectivity index (χ0v) is 10.9. The van der Waals surface area contributed by atoms with Crippen LogP contribution in [0.15, 0.2) is 12.7 Å². The Kier molecular flexibility index (Phi) is 3.11. The number of carbonyl (C=O) groups excluding carboxylic acids is 1. The first-order valence-electron chi connectivity index (χ1n) is 6.39. The summed E-state index contributed by atoms with van der Waals surface area (Å²) < 4.78 is 7.35. The molecule has 0 amide bonds. The SMILES string of the molecule is CC[C@H]1O[C@@H](n2cnc3c(N)ncnc32)[C@H](O)[C@@H]1C=O. The third-order valence-electron chi connectivity index (χ3n) is 3.65. The lowest BCUT2D eigenvalue weighted by Crippen LogP contribution is -2.27. The van der Waals surface area contributed by atoms with Crippen molar-refractivity contribution in [3.63, 3.8) is 0 Å². The molecule has 0 spiro atoms.